The monoisotopic (exact) mass is 328 g/mol. The Morgan fingerprint density at radius 3 is 2.73 bits per heavy atom. The molecule has 2 aromatic rings. The van der Waals surface area contributed by atoms with E-state index in [-0.39, 0.29) is 0 Å². The highest BCUT2D eigenvalue weighted by Crippen LogP contribution is 2.24. The van der Waals surface area contributed by atoms with Gasteiger partial charge in [-0.1, -0.05) is 30.3 Å². The Bertz CT molecular complexity index is 434. The maximum atomic E-state index is 4.24. The van der Waals surface area contributed by atoms with Crippen molar-refractivity contribution in [2.24, 2.45) is 0 Å². The number of halogens is 1. The third-order valence-electron chi connectivity index (χ3n) is 1.85. The molecule has 0 amide bonds. The molecule has 0 N–H and O–H groups in total. The van der Waals surface area contributed by atoms with E-state index in [1.165, 1.54) is 5.56 Å². The van der Waals surface area contributed by atoms with Crippen molar-refractivity contribution in [2.45, 2.75) is 10.8 Å². The zero-order chi connectivity index (χ0) is 10.5. The first kappa shape index (κ1) is 10.9. The number of aromatic nitrogens is 2. The van der Waals surface area contributed by atoms with Crippen LogP contribution < -0.4 is 0 Å². The zero-order valence-electron chi connectivity index (χ0n) is 7.93. The first-order valence-electron chi connectivity index (χ1n) is 4.48. The first-order chi connectivity index (χ1) is 7.36. The molecule has 0 radical (unpaired) electrons. The van der Waals surface area contributed by atoms with Crippen LogP contribution in [0.15, 0.2) is 47.9 Å². The molecule has 76 valence electrons. The number of thioether (sulfide) groups is 1. The predicted octanol–water partition coefficient (Wildman–Crippen LogP) is 3.37. The van der Waals surface area contributed by atoms with E-state index in [1.54, 1.807) is 18.1 Å². The summed E-state index contributed by atoms with van der Waals surface area (Å²) >= 11 is 4.00. The summed E-state index contributed by atoms with van der Waals surface area (Å²) < 4.78 is 1.11. The average molecular weight is 328 g/mol. The van der Waals surface area contributed by atoms with Crippen LogP contribution in [0, 0.1) is 3.57 Å². The SMILES string of the molecule is Ic1cncnc1SCc1ccccc1. The Morgan fingerprint density at radius 2 is 2.00 bits per heavy atom. The highest BCUT2D eigenvalue weighted by molar-refractivity contribution is 14.1. The second-order valence-electron chi connectivity index (χ2n) is 2.95. The molecule has 2 nitrogen and oxygen atoms in total. The average Bonchev–Trinajstić information content (AvgIpc) is 2.29. The number of rotatable bonds is 3. The molecule has 0 aliphatic rings. The van der Waals surface area contributed by atoms with E-state index in [2.05, 4.69) is 56.8 Å². The van der Waals surface area contributed by atoms with Crippen LogP contribution in [0.25, 0.3) is 0 Å². The molecular formula is C11H9IN2S. The smallest absolute Gasteiger partial charge is 0.116 e. The van der Waals surface area contributed by atoms with Crippen LogP contribution in [0.5, 0.6) is 0 Å². The molecule has 0 atom stereocenters. The van der Waals surface area contributed by atoms with E-state index in [1.807, 2.05) is 12.3 Å². The lowest BCUT2D eigenvalue weighted by Gasteiger charge is -2.02. The molecule has 0 bridgehead atoms. The van der Waals surface area contributed by atoms with Crippen molar-refractivity contribution >= 4 is 34.4 Å². The van der Waals surface area contributed by atoms with E-state index < -0.39 is 0 Å². The third kappa shape index (κ3) is 3.17. The first-order valence-corrected chi connectivity index (χ1v) is 6.55. The van der Waals surface area contributed by atoms with Gasteiger partial charge >= 0.3 is 0 Å². The number of hydrogen-bond acceptors (Lipinski definition) is 3. The lowest BCUT2D eigenvalue weighted by Crippen LogP contribution is -1.87. The summed E-state index contributed by atoms with van der Waals surface area (Å²) in [6.45, 7) is 0. The van der Waals surface area contributed by atoms with Gasteiger partial charge in [0.1, 0.15) is 11.4 Å². The van der Waals surface area contributed by atoms with Crippen molar-refractivity contribution in [1.29, 1.82) is 0 Å². The summed E-state index contributed by atoms with van der Waals surface area (Å²) in [6.07, 6.45) is 3.43. The minimum atomic E-state index is 0.952. The normalized spacial score (nSPS) is 10.2. The standard InChI is InChI=1S/C11H9IN2S/c12-10-6-13-8-14-11(10)15-7-9-4-2-1-3-5-9/h1-6,8H,7H2. The third-order valence-corrected chi connectivity index (χ3v) is 4.08. The molecule has 0 saturated carbocycles. The Kier molecular flexibility index (Phi) is 3.96. The van der Waals surface area contributed by atoms with Gasteiger partial charge in [0.15, 0.2) is 0 Å². The van der Waals surface area contributed by atoms with Crippen LogP contribution in [0.4, 0.5) is 0 Å². The van der Waals surface area contributed by atoms with Gasteiger partial charge in [-0.2, -0.15) is 0 Å². The molecular weight excluding hydrogens is 319 g/mol. The predicted molar refractivity (Wildman–Crippen MR) is 70.8 cm³/mol. The van der Waals surface area contributed by atoms with E-state index in [0.717, 1.165) is 14.3 Å². The molecule has 15 heavy (non-hydrogen) atoms. The Balaban J connectivity index is 2.03. The van der Waals surface area contributed by atoms with Gasteiger partial charge in [0.05, 0.1) is 3.57 Å². The lowest BCUT2D eigenvalue weighted by molar-refractivity contribution is 1.02. The van der Waals surface area contributed by atoms with Gasteiger partial charge in [0.2, 0.25) is 0 Å². The van der Waals surface area contributed by atoms with Crippen molar-refractivity contribution in [2.75, 3.05) is 0 Å². The molecule has 2 rings (SSSR count). The van der Waals surface area contributed by atoms with E-state index in [4.69, 9.17) is 0 Å². The number of nitrogens with zero attached hydrogens (tertiary/aromatic N) is 2. The summed E-state index contributed by atoms with van der Waals surface area (Å²) in [7, 11) is 0. The van der Waals surface area contributed by atoms with Crippen molar-refractivity contribution in [3.8, 4) is 0 Å². The summed E-state index contributed by atoms with van der Waals surface area (Å²) in [4.78, 5) is 8.21. The molecule has 0 aliphatic heterocycles. The summed E-state index contributed by atoms with van der Waals surface area (Å²) in [6, 6.07) is 10.4. The van der Waals surface area contributed by atoms with Crippen molar-refractivity contribution < 1.29 is 0 Å². The van der Waals surface area contributed by atoms with E-state index >= 15 is 0 Å². The van der Waals surface area contributed by atoms with Crippen molar-refractivity contribution in [1.82, 2.24) is 9.97 Å². The summed E-state index contributed by atoms with van der Waals surface area (Å²) in [5.74, 6) is 0.952. The maximum absolute atomic E-state index is 4.24. The molecule has 1 aromatic heterocycles. The van der Waals surface area contributed by atoms with Gasteiger partial charge < -0.3 is 0 Å². The molecule has 1 heterocycles. The topological polar surface area (TPSA) is 25.8 Å². The van der Waals surface area contributed by atoms with Gasteiger partial charge in [-0.25, -0.2) is 9.97 Å². The minimum Gasteiger partial charge on any atom is -0.244 e. The maximum Gasteiger partial charge on any atom is 0.116 e. The number of benzene rings is 1. The molecule has 1 aromatic carbocycles. The number of hydrogen-bond donors (Lipinski definition) is 0. The van der Waals surface area contributed by atoms with Gasteiger partial charge in [0, 0.05) is 11.9 Å². The highest BCUT2D eigenvalue weighted by atomic mass is 127. The van der Waals surface area contributed by atoms with Crippen LogP contribution in [-0.4, -0.2) is 9.97 Å². The summed E-state index contributed by atoms with van der Waals surface area (Å²) in [5, 5.41) is 1.05. The Morgan fingerprint density at radius 1 is 1.20 bits per heavy atom. The van der Waals surface area contributed by atoms with Crippen LogP contribution in [0.1, 0.15) is 5.56 Å². The van der Waals surface area contributed by atoms with Gasteiger partial charge in [-0.15, -0.1) is 11.8 Å². The fourth-order valence-electron chi connectivity index (χ4n) is 1.13. The van der Waals surface area contributed by atoms with Crippen LogP contribution in [0.3, 0.4) is 0 Å². The lowest BCUT2D eigenvalue weighted by atomic mass is 10.2. The second-order valence-corrected chi connectivity index (χ2v) is 5.08. The van der Waals surface area contributed by atoms with Crippen LogP contribution in [0.2, 0.25) is 0 Å². The molecule has 0 fully saturated rings. The molecule has 0 unspecified atom stereocenters. The van der Waals surface area contributed by atoms with Crippen LogP contribution in [-0.2, 0) is 5.75 Å². The van der Waals surface area contributed by atoms with Gasteiger partial charge in [-0.3, -0.25) is 0 Å². The Labute approximate surface area is 107 Å². The molecule has 4 heteroatoms. The zero-order valence-corrected chi connectivity index (χ0v) is 10.9. The quantitative estimate of drug-likeness (QED) is 0.491. The largest absolute Gasteiger partial charge is 0.244 e. The van der Waals surface area contributed by atoms with Crippen LogP contribution >= 0.6 is 34.4 Å². The minimum absolute atomic E-state index is 0.952. The Hall–Kier alpha value is -0.620. The molecule has 0 spiro atoms. The second kappa shape index (κ2) is 5.46. The molecule has 0 saturated heterocycles. The highest BCUT2D eigenvalue weighted by Gasteiger charge is 2.01. The van der Waals surface area contributed by atoms with E-state index in [9.17, 15) is 0 Å². The fourth-order valence-corrected chi connectivity index (χ4v) is 2.71. The van der Waals surface area contributed by atoms with Crippen molar-refractivity contribution in [3.63, 3.8) is 0 Å². The summed E-state index contributed by atoms with van der Waals surface area (Å²) in [5.41, 5.74) is 1.32. The molecule has 0 aliphatic carbocycles. The van der Waals surface area contributed by atoms with Gasteiger partial charge in [-0.05, 0) is 28.2 Å². The van der Waals surface area contributed by atoms with E-state index in [0.29, 0.717) is 0 Å². The fraction of sp³-hybridized carbons (Fsp3) is 0.0909. The van der Waals surface area contributed by atoms with Gasteiger partial charge in [0.25, 0.3) is 0 Å². The van der Waals surface area contributed by atoms with Crippen molar-refractivity contribution in [3.05, 3.63) is 52.0 Å².